The van der Waals surface area contributed by atoms with Gasteiger partial charge in [0, 0.05) is 45.6 Å². The number of pyridine rings is 2. The average Bonchev–Trinajstić information content (AvgIpc) is 3.61. The molecule has 0 saturated heterocycles. The molecule has 0 atom stereocenters. The van der Waals surface area contributed by atoms with Gasteiger partial charge in [0.05, 0.1) is 34.8 Å². The Bertz CT molecular complexity index is 1720. The van der Waals surface area contributed by atoms with Gasteiger partial charge in [-0.1, -0.05) is 13.0 Å². The van der Waals surface area contributed by atoms with E-state index >= 15 is 0 Å². The van der Waals surface area contributed by atoms with E-state index in [-0.39, 0.29) is 11.0 Å². The molecular weight excluding hydrogens is 463 g/mol. The highest BCUT2D eigenvalue weighted by molar-refractivity contribution is 7.14. The van der Waals surface area contributed by atoms with Gasteiger partial charge in [0.15, 0.2) is 5.13 Å². The number of H-pyrrole nitrogens is 2. The second-order valence-electron chi connectivity index (χ2n) is 8.13. The van der Waals surface area contributed by atoms with Crippen molar-refractivity contribution < 1.29 is 9.18 Å². The molecule has 5 heterocycles. The van der Waals surface area contributed by atoms with Crippen LogP contribution in [0.3, 0.4) is 0 Å². The Hall–Kier alpha value is -4.37. The summed E-state index contributed by atoms with van der Waals surface area (Å²) in [4.78, 5) is 24.6. The summed E-state index contributed by atoms with van der Waals surface area (Å²) < 4.78 is 13.7. The molecule has 0 aliphatic carbocycles. The van der Waals surface area contributed by atoms with Crippen molar-refractivity contribution >= 4 is 44.7 Å². The van der Waals surface area contributed by atoms with E-state index in [4.69, 9.17) is 0 Å². The first-order chi connectivity index (χ1) is 17.1. The molecule has 0 unspecified atom stereocenters. The molecule has 0 fully saturated rings. The summed E-state index contributed by atoms with van der Waals surface area (Å²) in [6, 6.07) is 13.2. The molecule has 6 aromatic rings. The second kappa shape index (κ2) is 8.44. The van der Waals surface area contributed by atoms with Crippen LogP contribution < -0.4 is 5.32 Å². The van der Waals surface area contributed by atoms with Gasteiger partial charge in [-0.25, -0.2) is 0 Å². The fourth-order valence-electron chi connectivity index (χ4n) is 4.15. The topological polar surface area (TPSA) is 99.3 Å². The molecule has 1 aromatic carbocycles. The molecule has 0 saturated carbocycles. The first-order valence-corrected chi connectivity index (χ1v) is 11.9. The van der Waals surface area contributed by atoms with E-state index in [0.29, 0.717) is 12.1 Å². The van der Waals surface area contributed by atoms with Crippen molar-refractivity contribution in [1.29, 1.82) is 0 Å². The number of halogens is 1. The molecule has 0 spiro atoms. The Kier molecular flexibility index (Phi) is 5.11. The molecular formula is C26H19FN6OS. The minimum absolute atomic E-state index is 0.0607. The first-order valence-electron chi connectivity index (χ1n) is 11.1. The van der Waals surface area contributed by atoms with Gasteiger partial charge >= 0.3 is 0 Å². The van der Waals surface area contributed by atoms with Crippen LogP contribution in [0, 0.1) is 5.13 Å². The predicted molar refractivity (Wildman–Crippen MR) is 137 cm³/mol. The van der Waals surface area contributed by atoms with Crippen LogP contribution in [0.1, 0.15) is 13.3 Å². The lowest BCUT2D eigenvalue weighted by atomic mass is 10.0. The molecule has 1 amide bonds. The highest BCUT2D eigenvalue weighted by atomic mass is 32.1. The van der Waals surface area contributed by atoms with Crippen molar-refractivity contribution in [3.63, 3.8) is 0 Å². The molecule has 35 heavy (non-hydrogen) atoms. The molecule has 0 radical (unpaired) electrons. The number of anilines is 1. The summed E-state index contributed by atoms with van der Waals surface area (Å²) in [7, 11) is 0. The van der Waals surface area contributed by atoms with Crippen LogP contribution in [0.5, 0.6) is 0 Å². The maximum absolute atomic E-state index is 13.7. The maximum atomic E-state index is 13.7. The lowest BCUT2D eigenvalue weighted by Crippen LogP contribution is -2.09. The number of nitrogens with one attached hydrogen (secondary N) is 3. The number of benzene rings is 1. The van der Waals surface area contributed by atoms with Crippen LogP contribution >= 0.6 is 11.3 Å². The summed E-state index contributed by atoms with van der Waals surface area (Å²) in [6.45, 7) is 1.81. The first kappa shape index (κ1) is 21.2. The number of rotatable bonds is 5. The lowest BCUT2D eigenvalue weighted by molar-refractivity contribution is -0.115. The van der Waals surface area contributed by atoms with Gasteiger partial charge in [-0.15, -0.1) is 11.3 Å². The van der Waals surface area contributed by atoms with E-state index in [9.17, 15) is 9.18 Å². The number of nitrogens with zero attached hydrogens (tertiary/aromatic N) is 3. The second-order valence-corrected chi connectivity index (χ2v) is 9.17. The monoisotopic (exact) mass is 482 g/mol. The number of aromatic nitrogens is 5. The zero-order chi connectivity index (χ0) is 23.9. The van der Waals surface area contributed by atoms with E-state index in [1.165, 1.54) is 6.07 Å². The highest BCUT2D eigenvalue weighted by Gasteiger charge is 2.15. The molecule has 0 bridgehead atoms. The van der Waals surface area contributed by atoms with E-state index in [1.54, 1.807) is 30.9 Å². The van der Waals surface area contributed by atoms with Gasteiger partial charge in [0.1, 0.15) is 5.69 Å². The van der Waals surface area contributed by atoms with Gasteiger partial charge in [-0.2, -0.15) is 9.49 Å². The number of amides is 1. The Morgan fingerprint density at radius 3 is 2.69 bits per heavy atom. The number of carbonyl (C=O) groups excluding carboxylic acids is 1. The van der Waals surface area contributed by atoms with E-state index < -0.39 is 0 Å². The number of fused-ring (bicyclic) bond motifs is 2. The zero-order valence-corrected chi connectivity index (χ0v) is 19.4. The summed E-state index contributed by atoms with van der Waals surface area (Å²) in [5.74, 6) is -0.0607. The number of carbonyl (C=O) groups is 1. The number of hydrogen-bond acceptors (Lipinski definition) is 5. The Labute approximate surface area is 203 Å². The molecule has 172 valence electrons. The van der Waals surface area contributed by atoms with Crippen molar-refractivity contribution in [2.24, 2.45) is 0 Å². The fourth-order valence-corrected chi connectivity index (χ4v) is 4.90. The Balaban J connectivity index is 1.43. The number of hydrogen-bond donors (Lipinski definition) is 3. The van der Waals surface area contributed by atoms with Crippen LogP contribution in [0.4, 0.5) is 10.1 Å². The van der Waals surface area contributed by atoms with E-state index in [2.05, 4.69) is 36.5 Å². The van der Waals surface area contributed by atoms with E-state index in [1.807, 2.05) is 31.2 Å². The van der Waals surface area contributed by atoms with Crippen LogP contribution in [-0.4, -0.2) is 31.1 Å². The largest absolute Gasteiger partial charge is 0.352 e. The summed E-state index contributed by atoms with van der Waals surface area (Å²) in [5, 5.41) is 12.2. The third kappa shape index (κ3) is 3.85. The molecule has 0 aliphatic heterocycles. The van der Waals surface area contributed by atoms with Crippen molar-refractivity contribution in [3.05, 3.63) is 72.4 Å². The smallest absolute Gasteiger partial charge is 0.224 e. The minimum Gasteiger partial charge on any atom is -0.352 e. The van der Waals surface area contributed by atoms with E-state index in [0.717, 1.165) is 66.1 Å². The molecule has 9 heteroatoms. The SMILES string of the molecule is CCC(=O)Nc1cncc(-c2ccc3[nH]nc(-c4cc5c(-c6ccc(F)s6)cncc5[nH]4)c3c2)c1. The maximum Gasteiger partial charge on any atom is 0.224 e. The summed E-state index contributed by atoms with van der Waals surface area (Å²) >= 11 is 1.10. The minimum atomic E-state index is -0.230. The number of thiophene rings is 1. The van der Waals surface area contributed by atoms with Gasteiger partial charge in [-0.3, -0.25) is 19.9 Å². The predicted octanol–water partition coefficient (Wildman–Crippen LogP) is 6.38. The number of aromatic amines is 2. The van der Waals surface area contributed by atoms with Gasteiger partial charge in [-0.05, 0) is 42.0 Å². The van der Waals surface area contributed by atoms with Crippen molar-refractivity contribution in [2.45, 2.75) is 13.3 Å². The molecule has 7 nitrogen and oxygen atoms in total. The average molecular weight is 483 g/mol. The van der Waals surface area contributed by atoms with Crippen molar-refractivity contribution in [2.75, 3.05) is 5.32 Å². The van der Waals surface area contributed by atoms with Crippen LogP contribution in [0.2, 0.25) is 0 Å². The summed E-state index contributed by atoms with van der Waals surface area (Å²) in [6.07, 6.45) is 7.31. The van der Waals surface area contributed by atoms with Crippen molar-refractivity contribution in [1.82, 2.24) is 25.1 Å². The quantitative estimate of drug-likeness (QED) is 0.265. The van der Waals surface area contributed by atoms with Crippen LogP contribution in [0.15, 0.2) is 67.3 Å². The summed E-state index contributed by atoms with van der Waals surface area (Å²) in [5.41, 5.74) is 6.70. The van der Waals surface area contributed by atoms with Gasteiger partial charge in [0.25, 0.3) is 0 Å². The fraction of sp³-hybridized carbons (Fsp3) is 0.0769. The Morgan fingerprint density at radius 1 is 0.971 bits per heavy atom. The lowest BCUT2D eigenvalue weighted by Gasteiger charge is -2.06. The highest BCUT2D eigenvalue weighted by Crippen LogP contribution is 2.36. The van der Waals surface area contributed by atoms with Crippen LogP contribution in [0.25, 0.3) is 54.8 Å². The molecule has 5 aromatic heterocycles. The molecule has 0 aliphatic rings. The van der Waals surface area contributed by atoms with Crippen LogP contribution in [-0.2, 0) is 4.79 Å². The van der Waals surface area contributed by atoms with Gasteiger partial charge in [0.2, 0.25) is 5.91 Å². The standard InChI is InChI=1S/C26H19FN6OS/c1-2-25(34)30-16-7-15(10-28-11-16)14-3-4-20-18(8-14)26(33-32-20)21-9-17-19(12-29-13-22(17)31-21)23-5-6-24(27)35-23/h3-13,31H,2H2,1H3,(H,30,34)(H,32,33). The van der Waals surface area contributed by atoms with Crippen molar-refractivity contribution in [3.8, 4) is 33.0 Å². The molecule has 3 N–H and O–H groups in total. The Morgan fingerprint density at radius 2 is 1.86 bits per heavy atom. The van der Waals surface area contributed by atoms with Gasteiger partial charge < -0.3 is 10.3 Å². The molecule has 6 rings (SSSR count). The third-order valence-electron chi connectivity index (χ3n) is 5.88. The zero-order valence-electron chi connectivity index (χ0n) is 18.6. The third-order valence-corrected chi connectivity index (χ3v) is 6.79. The normalized spacial score (nSPS) is 11.4.